The summed E-state index contributed by atoms with van der Waals surface area (Å²) in [6.07, 6.45) is 99.2. The highest BCUT2D eigenvalue weighted by Gasteiger charge is 2.22. The van der Waals surface area contributed by atoms with Crippen molar-refractivity contribution in [3.63, 3.8) is 0 Å². The van der Waals surface area contributed by atoms with E-state index in [4.69, 9.17) is 18.5 Å². The molecule has 502 valence electrons. The first-order valence-electron chi connectivity index (χ1n) is 35.5. The van der Waals surface area contributed by atoms with Crippen molar-refractivity contribution < 1.29 is 42.1 Å². The number of esters is 2. The number of hydrogen-bond acceptors (Lipinski definition) is 8. The van der Waals surface area contributed by atoms with E-state index < -0.39 is 26.5 Å². The van der Waals surface area contributed by atoms with Crippen molar-refractivity contribution in [2.24, 2.45) is 0 Å². The summed E-state index contributed by atoms with van der Waals surface area (Å²) in [5.41, 5.74) is 0. The zero-order valence-electron chi connectivity index (χ0n) is 57.1. The average Bonchev–Trinajstić information content (AvgIpc) is 3.68. The van der Waals surface area contributed by atoms with Gasteiger partial charge in [-0.2, -0.15) is 0 Å². The molecule has 0 saturated carbocycles. The Kier molecular flexibility index (Phi) is 64.1. The van der Waals surface area contributed by atoms with Gasteiger partial charge in [0.15, 0.2) is 6.10 Å². The lowest BCUT2D eigenvalue weighted by Gasteiger charge is -2.28. The normalized spacial score (nSPS) is 14.0. The predicted octanol–water partition coefficient (Wildman–Crippen LogP) is 22.7. The van der Waals surface area contributed by atoms with E-state index >= 15 is 0 Å². The van der Waals surface area contributed by atoms with Gasteiger partial charge in [-0.25, -0.2) is 0 Å². The molecule has 0 heterocycles. The standard InChI is InChI=1S/C78H132NO8P/c1-6-8-10-12-14-16-18-20-22-24-26-28-30-32-34-35-36-37-38-39-40-41-42-43-45-47-49-51-53-55-57-59-61-63-65-67-69-71-78(81)87-76(75-86-88(82,83)85-73-72-79(3,4)5)74-84-77(80)70-68-66-64-62-60-58-56-54-52-50-48-46-44-33-31-29-27-25-23-21-19-17-15-13-11-9-7-2/h8-11,14-17,20-23,26-29,32,34,36-37,39-40,42-43,76H,6-7,12-13,18-19,24-25,30-31,33,35,38,41,44-75H2,1-5H3/b10-8-,11-9-,16-14-,17-15-,22-20-,23-21-,28-26-,29-27-,34-32-,37-36-,40-39-,43-42-. The molecule has 0 amide bonds. The fourth-order valence-electron chi connectivity index (χ4n) is 9.49. The minimum Gasteiger partial charge on any atom is -0.756 e. The summed E-state index contributed by atoms with van der Waals surface area (Å²) in [6.45, 7) is 4.02. The summed E-state index contributed by atoms with van der Waals surface area (Å²) >= 11 is 0. The maximum absolute atomic E-state index is 12.9. The highest BCUT2D eigenvalue weighted by Crippen LogP contribution is 2.38. The first-order chi connectivity index (χ1) is 43.0. The van der Waals surface area contributed by atoms with Crippen molar-refractivity contribution in [2.45, 2.75) is 290 Å². The van der Waals surface area contributed by atoms with Gasteiger partial charge in [-0.3, -0.25) is 14.2 Å². The number of allylic oxidation sites excluding steroid dienone is 24. The van der Waals surface area contributed by atoms with Crippen LogP contribution in [0.5, 0.6) is 0 Å². The Hall–Kier alpha value is -4.11. The molecule has 0 N–H and O–H groups in total. The molecule has 2 atom stereocenters. The SMILES string of the molecule is CC/C=C\C/C=C\C/C=C\C/C=C\C/C=C\C/C=C\C/C=C\C/C=C\CCCCCCCCCCCCCCC(=O)OC(COC(=O)CCCCCCCCCCCCCCCC/C=C\C/C=C\C/C=C\C/C=C\CC)COP(=O)([O-])OCC[N+](C)(C)C. The van der Waals surface area contributed by atoms with Crippen molar-refractivity contribution in [3.8, 4) is 0 Å². The van der Waals surface area contributed by atoms with Crippen LogP contribution in [0.4, 0.5) is 0 Å². The zero-order chi connectivity index (χ0) is 64.1. The van der Waals surface area contributed by atoms with E-state index in [0.717, 1.165) is 122 Å². The number of carbonyl (C=O) groups excluding carboxylic acids is 2. The largest absolute Gasteiger partial charge is 0.756 e. The number of unbranched alkanes of at least 4 members (excludes halogenated alkanes) is 26. The van der Waals surface area contributed by atoms with Gasteiger partial charge in [-0.15, -0.1) is 0 Å². The molecule has 10 heteroatoms. The van der Waals surface area contributed by atoms with Gasteiger partial charge in [0.1, 0.15) is 19.8 Å². The third-order valence-electron chi connectivity index (χ3n) is 14.9. The van der Waals surface area contributed by atoms with E-state index in [-0.39, 0.29) is 32.0 Å². The van der Waals surface area contributed by atoms with Crippen LogP contribution >= 0.6 is 7.82 Å². The van der Waals surface area contributed by atoms with Crippen molar-refractivity contribution >= 4 is 19.8 Å². The smallest absolute Gasteiger partial charge is 0.306 e. The monoisotopic (exact) mass is 1240 g/mol. The van der Waals surface area contributed by atoms with E-state index in [1.807, 2.05) is 21.1 Å². The molecule has 0 aliphatic carbocycles. The first kappa shape index (κ1) is 83.9. The molecule has 0 spiro atoms. The van der Waals surface area contributed by atoms with Crippen LogP contribution in [0.15, 0.2) is 146 Å². The summed E-state index contributed by atoms with van der Waals surface area (Å²) in [5, 5.41) is 0. The molecule has 0 radical (unpaired) electrons. The maximum atomic E-state index is 12.9. The van der Waals surface area contributed by atoms with Crippen LogP contribution in [-0.2, 0) is 32.7 Å². The topological polar surface area (TPSA) is 111 Å². The highest BCUT2D eigenvalue weighted by molar-refractivity contribution is 7.45. The Balaban J connectivity index is 4.07. The van der Waals surface area contributed by atoms with Crippen LogP contribution in [0.3, 0.4) is 0 Å². The molecule has 2 unspecified atom stereocenters. The van der Waals surface area contributed by atoms with Gasteiger partial charge >= 0.3 is 11.9 Å². The second-order valence-electron chi connectivity index (χ2n) is 24.5. The Morgan fingerprint density at radius 3 is 0.909 bits per heavy atom. The Morgan fingerprint density at radius 2 is 0.614 bits per heavy atom. The van der Waals surface area contributed by atoms with Crippen LogP contribution in [-0.4, -0.2) is 70.0 Å². The van der Waals surface area contributed by atoms with Gasteiger partial charge in [0.25, 0.3) is 7.82 Å². The summed E-state index contributed by atoms with van der Waals surface area (Å²) in [5.74, 6) is -0.837. The second kappa shape index (κ2) is 67.3. The molecule has 0 aromatic carbocycles. The van der Waals surface area contributed by atoms with Gasteiger partial charge in [-0.05, 0) is 116 Å². The second-order valence-corrected chi connectivity index (χ2v) is 25.9. The predicted molar refractivity (Wildman–Crippen MR) is 378 cm³/mol. The van der Waals surface area contributed by atoms with Gasteiger partial charge in [0.2, 0.25) is 0 Å². The molecule has 0 aliphatic heterocycles. The molecule has 0 aromatic heterocycles. The molecular formula is C78H132NO8P. The quantitative estimate of drug-likeness (QED) is 0.0195. The number of phosphoric acid groups is 1. The van der Waals surface area contributed by atoms with Gasteiger partial charge in [0, 0.05) is 12.8 Å². The number of hydrogen-bond donors (Lipinski definition) is 0. The molecule has 0 saturated heterocycles. The number of phosphoric ester groups is 1. The third-order valence-corrected chi connectivity index (χ3v) is 15.8. The van der Waals surface area contributed by atoms with Gasteiger partial charge in [-0.1, -0.05) is 301 Å². The molecule has 0 bridgehead atoms. The van der Waals surface area contributed by atoms with Gasteiger partial charge < -0.3 is 27.9 Å². The fraction of sp³-hybridized carbons (Fsp3) is 0.667. The van der Waals surface area contributed by atoms with Crippen LogP contribution in [0.25, 0.3) is 0 Å². The van der Waals surface area contributed by atoms with E-state index in [9.17, 15) is 19.0 Å². The lowest BCUT2D eigenvalue weighted by Crippen LogP contribution is -2.37. The van der Waals surface area contributed by atoms with Crippen LogP contribution < -0.4 is 4.89 Å². The minimum absolute atomic E-state index is 0.0369. The molecule has 0 aromatic rings. The van der Waals surface area contributed by atoms with Crippen LogP contribution in [0.1, 0.15) is 284 Å². The van der Waals surface area contributed by atoms with E-state index in [1.54, 1.807) is 0 Å². The van der Waals surface area contributed by atoms with E-state index in [0.29, 0.717) is 17.4 Å². The highest BCUT2D eigenvalue weighted by atomic mass is 31.2. The average molecular weight is 1240 g/mol. The maximum Gasteiger partial charge on any atom is 0.306 e. The lowest BCUT2D eigenvalue weighted by molar-refractivity contribution is -0.870. The molecular weight excluding hydrogens is 1110 g/mol. The summed E-state index contributed by atoms with van der Waals surface area (Å²) < 4.78 is 34.3. The number of rotatable bonds is 64. The molecule has 88 heavy (non-hydrogen) atoms. The third kappa shape index (κ3) is 71.0. The minimum atomic E-state index is -4.65. The van der Waals surface area contributed by atoms with E-state index in [1.165, 1.54) is 128 Å². The van der Waals surface area contributed by atoms with Crippen LogP contribution in [0.2, 0.25) is 0 Å². The summed E-state index contributed by atoms with van der Waals surface area (Å²) in [7, 11) is 1.16. The van der Waals surface area contributed by atoms with Crippen molar-refractivity contribution in [2.75, 3.05) is 47.5 Å². The zero-order valence-corrected chi connectivity index (χ0v) is 58.0. The van der Waals surface area contributed by atoms with Crippen molar-refractivity contribution in [3.05, 3.63) is 146 Å². The number of quaternary nitrogens is 1. The van der Waals surface area contributed by atoms with Gasteiger partial charge in [0.05, 0.1) is 27.7 Å². The Morgan fingerprint density at radius 1 is 0.352 bits per heavy atom. The number of likely N-dealkylation sites (N-methyl/N-ethyl adjacent to an activating group) is 1. The molecule has 9 nitrogen and oxygen atoms in total. The Bertz CT molecular complexity index is 2000. The first-order valence-corrected chi connectivity index (χ1v) is 37.0. The van der Waals surface area contributed by atoms with Crippen molar-refractivity contribution in [1.82, 2.24) is 0 Å². The molecule has 0 fully saturated rings. The summed E-state index contributed by atoms with van der Waals surface area (Å²) in [6, 6.07) is 0. The molecule has 0 aliphatic rings. The summed E-state index contributed by atoms with van der Waals surface area (Å²) in [4.78, 5) is 38.1. The number of nitrogens with zero attached hydrogens (tertiary/aromatic N) is 1. The lowest BCUT2D eigenvalue weighted by atomic mass is 10.0. The fourth-order valence-corrected chi connectivity index (χ4v) is 10.2. The van der Waals surface area contributed by atoms with E-state index in [2.05, 4.69) is 160 Å². The number of ether oxygens (including phenoxy) is 2. The number of carbonyl (C=O) groups is 2. The van der Waals surface area contributed by atoms with Crippen LogP contribution in [0, 0.1) is 0 Å². The molecule has 0 rings (SSSR count). The van der Waals surface area contributed by atoms with Crippen molar-refractivity contribution in [1.29, 1.82) is 0 Å². The Labute approximate surface area is 542 Å².